The van der Waals surface area contributed by atoms with E-state index in [9.17, 15) is 19.8 Å². The Bertz CT molecular complexity index is 1340. The number of nitrogens with one attached hydrogen (secondary N) is 2. The molecule has 0 aromatic heterocycles. The van der Waals surface area contributed by atoms with Gasteiger partial charge in [-0.2, -0.15) is 0 Å². The molecule has 1 spiro atoms. The van der Waals surface area contributed by atoms with E-state index in [-0.39, 0.29) is 41.3 Å². The summed E-state index contributed by atoms with van der Waals surface area (Å²) in [6.45, 7) is 0.0831. The summed E-state index contributed by atoms with van der Waals surface area (Å²) in [6, 6.07) is 14.0. The van der Waals surface area contributed by atoms with Gasteiger partial charge in [0.25, 0.3) is 0 Å². The maximum Gasteiger partial charge on any atom is 0.505 e. The molecule has 11 heteroatoms. The van der Waals surface area contributed by atoms with Crippen LogP contribution >= 0.6 is 12.2 Å². The number of ether oxygens (including phenoxy) is 3. The molecule has 0 saturated carbocycles. The molecule has 0 fully saturated rings. The van der Waals surface area contributed by atoms with Crippen molar-refractivity contribution in [1.82, 2.24) is 5.32 Å². The van der Waals surface area contributed by atoms with Gasteiger partial charge in [0.15, 0.2) is 10.7 Å². The molecule has 5 N–H and O–H groups in total. The van der Waals surface area contributed by atoms with E-state index in [1.54, 1.807) is 30.3 Å². The fourth-order valence-corrected chi connectivity index (χ4v) is 4.47. The van der Waals surface area contributed by atoms with Crippen LogP contribution in [0.3, 0.4) is 0 Å². The summed E-state index contributed by atoms with van der Waals surface area (Å²) < 4.78 is 16.4. The average Bonchev–Trinajstić information content (AvgIpc) is 3.08. The quantitative estimate of drug-likeness (QED) is 0.206. The molecule has 2 aliphatic heterocycles. The number of fused-ring (bicyclic) bond motifs is 6. The minimum atomic E-state index is -1.39. The van der Waals surface area contributed by atoms with Crippen LogP contribution in [0.15, 0.2) is 54.6 Å². The largest absolute Gasteiger partial charge is 0.508 e. The fourth-order valence-electron chi connectivity index (χ4n) is 4.25. The molecule has 0 amide bonds. The van der Waals surface area contributed by atoms with Crippen molar-refractivity contribution in [2.24, 2.45) is 0 Å². The number of anilines is 1. The van der Waals surface area contributed by atoms with Crippen LogP contribution in [0.1, 0.15) is 27.0 Å². The molecule has 35 heavy (non-hydrogen) atoms. The zero-order valence-corrected chi connectivity index (χ0v) is 18.7. The first kappa shape index (κ1) is 22.3. The van der Waals surface area contributed by atoms with Crippen LogP contribution < -0.4 is 15.4 Å². The highest BCUT2D eigenvalue weighted by Gasteiger charge is 2.53. The Balaban J connectivity index is 1.56. The van der Waals surface area contributed by atoms with E-state index >= 15 is 0 Å². The van der Waals surface area contributed by atoms with E-state index in [2.05, 4.69) is 15.4 Å². The van der Waals surface area contributed by atoms with Crippen LogP contribution in [0.4, 0.5) is 10.5 Å². The topological polar surface area (TPSA) is 147 Å². The predicted octanol–water partition coefficient (Wildman–Crippen LogP) is 3.65. The van der Waals surface area contributed by atoms with Gasteiger partial charge in [0.2, 0.25) is 0 Å². The van der Waals surface area contributed by atoms with Crippen molar-refractivity contribution in [3.05, 3.63) is 76.9 Å². The number of aromatic hydroxyl groups is 2. The number of phenols is 2. The Kier molecular flexibility index (Phi) is 5.33. The molecule has 2 aliphatic rings. The van der Waals surface area contributed by atoms with Crippen molar-refractivity contribution in [2.45, 2.75) is 5.60 Å². The number of esters is 1. The fraction of sp³-hybridized carbons (Fsp3) is 0.125. The third-order valence-corrected chi connectivity index (χ3v) is 5.89. The first-order chi connectivity index (χ1) is 16.8. The molecule has 0 atom stereocenters. The second-order valence-electron chi connectivity index (χ2n) is 7.79. The summed E-state index contributed by atoms with van der Waals surface area (Å²) >= 11 is 5.27. The van der Waals surface area contributed by atoms with Crippen LogP contribution in [0.2, 0.25) is 0 Å². The van der Waals surface area contributed by atoms with Crippen LogP contribution in [0, 0.1) is 0 Å². The van der Waals surface area contributed by atoms with Gasteiger partial charge in [-0.3, -0.25) is 0 Å². The van der Waals surface area contributed by atoms with Gasteiger partial charge in [-0.1, -0.05) is 0 Å². The molecule has 3 aromatic rings. The Morgan fingerprint density at radius 3 is 2.26 bits per heavy atom. The second kappa shape index (κ2) is 8.37. The number of hydrogen-bond acceptors (Lipinski definition) is 8. The van der Waals surface area contributed by atoms with E-state index in [4.69, 9.17) is 26.8 Å². The van der Waals surface area contributed by atoms with Gasteiger partial charge < -0.3 is 40.2 Å². The van der Waals surface area contributed by atoms with Crippen molar-refractivity contribution in [3.63, 3.8) is 0 Å². The van der Waals surface area contributed by atoms with Crippen molar-refractivity contribution >= 4 is 35.1 Å². The number of carboxylic acid groups (broad SMARTS) is 1. The molecule has 178 valence electrons. The predicted molar refractivity (Wildman–Crippen MR) is 126 cm³/mol. The first-order valence-electron chi connectivity index (χ1n) is 10.4. The van der Waals surface area contributed by atoms with Crippen molar-refractivity contribution in [1.29, 1.82) is 0 Å². The van der Waals surface area contributed by atoms with E-state index in [1.807, 2.05) is 0 Å². The van der Waals surface area contributed by atoms with Gasteiger partial charge >= 0.3 is 12.1 Å². The number of thiocarbonyl (C=S) groups is 1. The lowest BCUT2D eigenvalue weighted by molar-refractivity contribution is 0.0224. The summed E-state index contributed by atoms with van der Waals surface area (Å²) in [5.41, 5.74) is 1.02. The monoisotopic (exact) mass is 494 g/mol. The third-order valence-electron chi connectivity index (χ3n) is 5.64. The standard InChI is InChI=1S/C24H18N2O8S/c27-13-2-5-16-19(10-13)33-20-11-14(28)3-6-17(20)24(16)18-9-12(1-4-15(18)21(29)34-24)26-22(35)25-7-8-32-23(30)31/h1-6,9-11,27-28H,7-8H2,(H,30,31)(H2,25,26,35). The van der Waals surface area contributed by atoms with Gasteiger partial charge in [-0.25, -0.2) is 9.59 Å². The van der Waals surface area contributed by atoms with Gasteiger partial charge in [0, 0.05) is 34.5 Å². The maximum absolute atomic E-state index is 13.0. The third kappa shape index (κ3) is 3.81. The van der Waals surface area contributed by atoms with Crippen LogP contribution in [-0.4, -0.2) is 45.7 Å². The lowest BCUT2D eigenvalue weighted by Crippen LogP contribution is -2.33. The van der Waals surface area contributed by atoms with Crippen LogP contribution in [0.5, 0.6) is 23.0 Å². The molecule has 0 unspecified atom stereocenters. The SMILES string of the molecule is O=C(O)OCCNC(=S)Nc1ccc2c(c1)C1(OC2=O)c2ccc(O)cc2Oc2cc(O)ccc21. The summed E-state index contributed by atoms with van der Waals surface area (Å²) in [5, 5.41) is 34.6. The number of rotatable bonds is 4. The highest BCUT2D eigenvalue weighted by atomic mass is 32.1. The van der Waals surface area contributed by atoms with Crippen LogP contribution in [-0.2, 0) is 15.1 Å². The summed E-state index contributed by atoms with van der Waals surface area (Å²) in [4.78, 5) is 23.4. The lowest BCUT2D eigenvalue weighted by Gasteiger charge is -2.36. The van der Waals surface area contributed by atoms with E-state index < -0.39 is 17.7 Å². The number of benzene rings is 3. The van der Waals surface area contributed by atoms with Crippen molar-refractivity contribution in [3.8, 4) is 23.0 Å². The molecule has 0 bridgehead atoms. The normalized spacial score (nSPS) is 14.1. The zero-order valence-electron chi connectivity index (χ0n) is 17.9. The Labute approximate surface area is 203 Å². The zero-order chi connectivity index (χ0) is 24.7. The number of phenolic OH excluding ortho intramolecular Hbond substituents is 2. The summed E-state index contributed by atoms with van der Waals surface area (Å²) in [7, 11) is 0. The average molecular weight is 494 g/mol. The van der Waals surface area contributed by atoms with Crippen molar-refractivity contribution in [2.75, 3.05) is 18.5 Å². The molecule has 0 radical (unpaired) electrons. The number of carbonyl (C=O) groups excluding carboxylic acids is 1. The highest BCUT2D eigenvalue weighted by molar-refractivity contribution is 7.80. The maximum atomic E-state index is 13.0. The van der Waals surface area contributed by atoms with Gasteiger partial charge in [0.05, 0.1) is 12.1 Å². The summed E-state index contributed by atoms with van der Waals surface area (Å²) in [6.07, 6.45) is -1.38. The van der Waals surface area contributed by atoms with Crippen LogP contribution in [0.25, 0.3) is 0 Å². The molecular formula is C24H18N2O8S. The Morgan fingerprint density at radius 2 is 1.63 bits per heavy atom. The minimum Gasteiger partial charge on any atom is -0.508 e. The van der Waals surface area contributed by atoms with Crippen molar-refractivity contribution < 1.29 is 39.1 Å². The van der Waals surface area contributed by atoms with E-state index in [0.717, 1.165) is 0 Å². The highest BCUT2D eigenvalue weighted by Crippen LogP contribution is 2.57. The van der Waals surface area contributed by atoms with E-state index in [0.29, 0.717) is 27.9 Å². The minimum absolute atomic E-state index is 0.0363. The lowest BCUT2D eigenvalue weighted by atomic mass is 9.77. The second-order valence-corrected chi connectivity index (χ2v) is 8.20. The molecule has 0 saturated heterocycles. The van der Waals surface area contributed by atoms with Gasteiger partial charge in [-0.15, -0.1) is 0 Å². The van der Waals surface area contributed by atoms with Gasteiger partial charge in [0.1, 0.15) is 29.6 Å². The molecular weight excluding hydrogens is 476 g/mol. The molecule has 10 nitrogen and oxygen atoms in total. The molecule has 0 aliphatic carbocycles. The number of carbonyl (C=O) groups is 2. The Hall–Kier alpha value is -4.51. The van der Waals surface area contributed by atoms with E-state index in [1.165, 1.54) is 24.3 Å². The first-order valence-corrected chi connectivity index (χ1v) is 10.8. The Morgan fingerprint density at radius 1 is 0.971 bits per heavy atom. The molecule has 5 rings (SSSR count). The molecule has 2 heterocycles. The smallest absolute Gasteiger partial charge is 0.505 e. The van der Waals surface area contributed by atoms with Gasteiger partial charge in [-0.05, 0) is 54.7 Å². The molecule has 3 aromatic carbocycles. The number of hydrogen-bond donors (Lipinski definition) is 5. The summed E-state index contributed by atoms with van der Waals surface area (Å²) in [5.74, 6) is -0.0648.